The lowest BCUT2D eigenvalue weighted by atomic mass is 10.0. The monoisotopic (exact) mass is 483 g/mol. The normalized spacial score (nSPS) is 18.2. The summed E-state index contributed by atoms with van der Waals surface area (Å²) in [6.07, 6.45) is 9.63. The van der Waals surface area contributed by atoms with Crippen molar-refractivity contribution < 1.29 is 4.79 Å². The Hall–Kier alpha value is -2.12. The molecule has 0 aliphatic carbocycles. The third-order valence-corrected chi connectivity index (χ3v) is 7.93. The second-order valence-electron chi connectivity index (χ2n) is 8.77. The Morgan fingerprint density at radius 2 is 1.79 bits per heavy atom. The van der Waals surface area contributed by atoms with Crippen molar-refractivity contribution in [2.45, 2.75) is 65.3 Å². The molecule has 0 bridgehead atoms. The largest absolute Gasteiger partial charge is 0.370 e. The summed E-state index contributed by atoms with van der Waals surface area (Å²) in [6.45, 7) is 7.26. The Labute approximate surface area is 205 Å². The van der Waals surface area contributed by atoms with Crippen LogP contribution in [0.5, 0.6) is 0 Å². The number of unbranched alkanes of at least 4 members (excludes halogenated alkanes) is 3. The third-order valence-electron chi connectivity index (χ3n) is 6.55. The summed E-state index contributed by atoms with van der Waals surface area (Å²) in [4.78, 5) is 31.5. The van der Waals surface area contributed by atoms with Gasteiger partial charge in [0.15, 0.2) is 0 Å². The van der Waals surface area contributed by atoms with Crippen molar-refractivity contribution in [3.05, 3.63) is 45.1 Å². The van der Waals surface area contributed by atoms with Gasteiger partial charge in [0.25, 0.3) is 11.5 Å². The lowest BCUT2D eigenvalue weighted by Crippen LogP contribution is -2.34. The van der Waals surface area contributed by atoms with Gasteiger partial charge in [-0.3, -0.25) is 14.5 Å². The molecule has 2 aliphatic heterocycles. The summed E-state index contributed by atoms with van der Waals surface area (Å²) in [7, 11) is 0. The Balaban J connectivity index is 1.79. The number of amides is 1. The van der Waals surface area contributed by atoms with Gasteiger partial charge in [0.2, 0.25) is 0 Å². The minimum absolute atomic E-state index is 0.0370. The molecule has 3 heterocycles. The van der Waals surface area contributed by atoms with Crippen molar-refractivity contribution in [2.75, 3.05) is 24.5 Å². The Bertz CT molecular complexity index is 1130. The molecule has 2 aromatic rings. The minimum atomic E-state index is -0.0679. The van der Waals surface area contributed by atoms with E-state index in [0.717, 1.165) is 68.2 Å². The first kappa shape index (κ1) is 24.0. The summed E-state index contributed by atoms with van der Waals surface area (Å²) in [5.74, 6) is -0.0679. The fourth-order valence-electron chi connectivity index (χ4n) is 4.83. The summed E-state index contributed by atoms with van der Waals surface area (Å²) >= 11 is 6.86. The predicted molar refractivity (Wildman–Crippen MR) is 144 cm³/mol. The average Bonchev–Trinajstić information content (AvgIpc) is 3.10. The summed E-state index contributed by atoms with van der Waals surface area (Å²) < 4.78 is 2.42. The van der Waals surface area contributed by atoms with Gasteiger partial charge < -0.3 is 9.47 Å². The van der Waals surface area contributed by atoms with Gasteiger partial charge in [0.05, 0.1) is 21.7 Å². The molecule has 0 radical (unpaired) electrons. The van der Waals surface area contributed by atoms with Crippen LogP contribution in [0.3, 0.4) is 0 Å². The number of piperidine rings is 1. The van der Waals surface area contributed by atoms with E-state index in [2.05, 4.69) is 17.9 Å². The van der Waals surface area contributed by atoms with Crippen LogP contribution in [-0.4, -0.2) is 39.3 Å². The van der Waals surface area contributed by atoms with Crippen LogP contribution in [0.15, 0.2) is 34.0 Å². The number of hydrogen-bond acceptors (Lipinski definition) is 5. The van der Waals surface area contributed by atoms with Gasteiger partial charge >= 0.3 is 0 Å². The molecular formula is C26H33N3O2S2. The number of fused-ring (bicyclic) bond motifs is 1. The van der Waals surface area contributed by atoms with Crippen molar-refractivity contribution in [3.8, 4) is 0 Å². The van der Waals surface area contributed by atoms with Gasteiger partial charge in [-0.1, -0.05) is 68.4 Å². The number of rotatable bonds is 8. The van der Waals surface area contributed by atoms with Gasteiger partial charge in [-0.15, -0.1) is 0 Å². The van der Waals surface area contributed by atoms with Crippen LogP contribution in [-0.2, 0) is 11.3 Å². The SMILES string of the molecule is CCCCCCN1C(=O)C(=Cc2c(N3CCCCC3)c3ccccc3n(CC)c2=O)SC1=S. The summed E-state index contributed by atoms with van der Waals surface area (Å²) in [5, 5.41) is 1.07. The molecule has 0 spiro atoms. The van der Waals surface area contributed by atoms with Crippen LogP contribution >= 0.6 is 24.0 Å². The molecule has 1 amide bonds. The highest BCUT2D eigenvalue weighted by atomic mass is 32.2. The Morgan fingerprint density at radius 3 is 2.52 bits per heavy atom. The van der Waals surface area contributed by atoms with Crippen LogP contribution in [0, 0.1) is 0 Å². The number of pyridine rings is 1. The van der Waals surface area contributed by atoms with Crippen LogP contribution in [0.25, 0.3) is 17.0 Å². The lowest BCUT2D eigenvalue weighted by molar-refractivity contribution is -0.122. The van der Waals surface area contributed by atoms with E-state index < -0.39 is 0 Å². The number of carbonyl (C=O) groups excluding carboxylic acids is 1. The van der Waals surface area contributed by atoms with Crippen molar-refractivity contribution in [1.29, 1.82) is 0 Å². The van der Waals surface area contributed by atoms with E-state index in [1.54, 1.807) is 4.90 Å². The Kier molecular flexibility index (Phi) is 7.91. The molecule has 4 rings (SSSR count). The highest BCUT2D eigenvalue weighted by Gasteiger charge is 2.32. The quantitative estimate of drug-likeness (QED) is 0.270. The van der Waals surface area contributed by atoms with Gasteiger partial charge in [-0.05, 0) is 44.7 Å². The first-order chi connectivity index (χ1) is 16.1. The first-order valence-electron chi connectivity index (χ1n) is 12.2. The smallest absolute Gasteiger partial charge is 0.266 e. The molecule has 0 unspecified atom stereocenters. The van der Waals surface area contributed by atoms with Crippen molar-refractivity contribution >= 4 is 56.9 Å². The molecule has 7 heteroatoms. The number of nitrogens with zero attached hydrogens (tertiary/aromatic N) is 3. The maximum atomic E-state index is 13.7. The zero-order valence-corrected chi connectivity index (χ0v) is 21.3. The first-order valence-corrected chi connectivity index (χ1v) is 13.4. The molecule has 2 saturated heterocycles. The maximum absolute atomic E-state index is 13.7. The molecule has 0 atom stereocenters. The van der Waals surface area contributed by atoms with E-state index in [1.807, 2.05) is 35.8 Å². The topological polar surface area (TPSA) is 45.6 Å². The highest BCUT2D eigenvalue weighted by Crippen LogP contribution is 2.37. The number of thiocarbonyl (C=S) groups is 1. The molecule has 2 fully saturated rings. The number of carbonyl (C=O) groups is 1. The molecular weight excluding hydrogens is 450 g/mol. The number of aryl methyl sites for hydroxylation is 1. The van der Waals surface area contributed by atoms with Crippen molar-refractivity contribution in [2.24, 2.45) is 0 Å². The number of para-hydroxylation sites is 1. The van der Waals surface area contributed by atoms with E-state index >= 15 is 0 Å². The molecule has 5 nitrogen and oxygen atoms in total. The predicted octanol–water partition coefficient (Wildman–Crippen LogP) is 5.79. The van der Waals surface area contributed by atoms with E-state index in [-0.39, 0.29) is 11.5 Å². The van der Waals surface area contributed by atoms with Crippen LogP contribution < -0.4 is 10.5 Å². The average molecular weight is 484 g/mol. The van der Waals surface area contributed by atoms with Gasteiger partial charge in [0, 0.05) is 31.6 Å². The van der Waals surface area contributed by atoms with E-state index in [0.29, 0.717) is 27.9 Å². The number of thioether (sulfide) groups is 1. The number of anilines is 1. The van der Waals surface area contributed by atoms with Gasteiger partial charge in [0.1, 0.15) is 4.32 Å². The fraction of sp³-hybridized carbons (Fsp3) is 0.500. The molecule has 1 aromatic heterocycles. The van der Waals surface area contributed by atoms with E-state index in [4.69, 9.17) is 12.2 Å². The van der Waals surface area contributed by atoms with Crippen molar-refractivity contribution in [1.82, 2.24) is 9.47 Å². The molecule has 176 valence electrons. The van der Waals surface area contributed by atoms with Crippen LogP contribution in [0.2, 0.25) is 0 Å². The summed E-state index contributed by atoms with van der Waals surface area (Å²) in [6, 6.07) is 8.13. The standard InChI is InChI=1S/C26H33N3O2S2/c1-3-5-6-12-17-29-25(31)22(33-26(29)32)18-20-23(27-15-10-7-11-16-27)19-13-8-9-14-21(19)28(4-2)24(20)30/h8-9,13-14,18H,3-7,10-12,15-17H2,1-2H3. The van der Waals surface area contributed by atoms with Crippen LogP contribution in [0.1, 0.15) is 64.4 Å². The van der Waals surface area contributed by atoms with E-state index in [1.165, 1.54) is 18.2 Å². The molecule has 2 aliphatic rings. The van der Waals surface area contributed by atoms with Crippen molar-refractivity contribution in [3.63, 3.8) is 0 Å². The minimum Gasteiger partial charge on any atom is -0.370 e. The van der Waals surface area contributed by atoms with Gasteiger partial charge in [-0.25, -0.2) is 0 Å². The van der Waals surface area contributed by atoms with Gasteiger partial charge in [-0.2, -0.15) is 0 Å². The lowest BCUT2D eigenvalue weighted by Gasteiger charge is -2.31. The van der Waals surface area contributed by atoms with Crippen LogP contribution in [0.4, 0.5) is 5.69 Å². The zero-order chi connectivity index (χ0) is 23.4. The second kappa shape index (κ2) is 10.9. The second-order valence-corrected chi connectivity index (χ2v) is 10.4. The molecule has 0 saturated carbocycles. The highest BCUT2D eigenvalue weighted by molar-refractivity contribution is 8.26. The summed E-state index contributed by atoms with van der Waals surface area (Å²) in [5.41, 5.74) is 2.49. The molecule has 33 heavy (non-hydrogen) atoms. The fourth-order valence-corrected chi connectivity index (χ4v) is 6.12. The number of benzene rings is 1. The third kappa shape index (κ3) is 4.90. The van der Waals surface area contributed by atoms with E-state index in [9.17, 15) is 9.59 Å². The molecule has 1 aromatic carbocycles. The number of hydrogen-bond donors (Lipinski definition) is 0. The maximum Gasteiger partial charge on any atom is 0.266 e. The molecule has 0 N–H and O–H groups in total. The number of aromatic nitrogens is 1. The zero-order valence-electron chi connectivity index (χ0n) is 19.6. The Morgan fingerprint density at radius 1 is 1.03 bits per heavy atom.